The molecule has 2 aromatic carbocycles. The molecule has 0 atom stereocenters. The van der Waals surface area contributed by atoms with E-state index in [9.17, 15) is 20.1 Å². The molecule has 6 nitrogen and oxygen atoms in total. The Kier molecular flexibility index (Phi) is 4.57. The van der Waals surface area contributed by atoms with Gasteiger partial charge >= 0.3 is 0 Å². The van der Waals surface area contributed by atoms with Crippen LogP contribution in [0.25, 0.3) is 27.7 Å². The van der Waals surface area contributed by atoms with Crippen molar-refractivity contribution in [3.63, 3.8) is 0 Å². The lowest BCUT2D eigenvalue weighted by molar-refractivity contribution is 0.408. The lowest BCUT2D eigenvalue weighted by Crippen LogP contribution is -2.06. The van der Waals surface area contributed by atoms with E-state index in [1.807, 2.05) is 13.8 Å². The number of hydrogen-bond acceptors (Lipinski definition) is 6. The van der Waals surface area contributed by atoms with Gasteiger partial charge in [0, 0.05) is 29.3 Å². The van der Waals surface area contributed by atoms with Crippen molar-refractivity contribution >= 4 is 16.5 Å². The average Bonchev–Trinajstić information content (AvgIpc) is 2.61. The number of benzene rings is 2. The van der Waals surface area contributed by atoms with E-state index in [4.69, 9.17) is 9.15 Å². The lowest BCUT2D eigenvalue weighted by Gasteiger charge is -2.14. The Morgan fingerprint density at radius 1 is 1.04 bits per heavy atom. The molecule has 0 amide bonds. The molecule has 27 heavy (non-hydrogen) atoms. The highest BCUT2D eigenvalue weighted by atomic mass is 16.5. The van der Waals surface area contributed by atoms with Crippen LogP contribution in [0, 0.1) is 5.92 Å². The van der Waals surface area contributed by atoms with Gasteiger partial charge in [0.15, 0.2) is 0 Å². The van der Waals surface area contributed by atoms with E-state index in [0.29, 0.717) is 16.9 Å². The number of phenolic OH excluding ortho intramolecular Hbond substituents is 3. The molecule has 0 saturated carbocycles. The molecule has 3 rings (SSSR count). The van der Waals surface area contributed by atoms with E-state index in [0.717, 1.165) is 6.07 Å². The summed E-state index contributed by atoms with van der Waals surface area (Å²) < 4.78 is 10.6. The van der Waals surface area contributed by atoms with Crippen molar-refractivity contribution < 1.29 is 24.5 Å². The molecular formula is C21H20O6. The van der Waals surface area contributed by atoms with Gasteiger partial charge in [0.2, 0.25) is 5.43 Å². The molecule has 140 valence electrons. The molecule has 3 aromatic rings. The topological polar surface area (TPSA) is 100 Å². The van der Waals surface area contributed by atoms with Crippen LogP contribution in [0.3, 0.4) is 0 Å². The zero-order valence-corrected chi connectivity index (χ0v) is 15.2. The zero-order chi connectivity index (χ0) is 19.9. The van der Waals surface area contributed by atoms with Crippen LogP contribution >= 0.6 is 0 Å². The van der Waals surface area contributed by atoms with Crippen molar-refractivity contribution in [2.45, 2.75) is 13.8 Å². The highest BCUT2D eigenvalue weighted by molar-refractivity contribution is 5.89. The van der Waals surface area contributed by atoms with Gasteiger partial charge in [-0.3, -0.25) is 4.79 Å². The second kappa shape index (κ2) is 6.72. The molecule has 0 aliphatic carbocycles. The van der Waals surface area contributed by atoms with Crippen LogP contribution in [-0.4, -0.2) is 22.4 Å². The minimum Gasteiger partial charge on any atom is -0.507 e. The predicted molar refractivity (Wildman–Crippen MR) is 103 cm³/mol. The molecule has 1 aromatic heterocycles. The number of allylic oxidation sites excluding steroid dienone is 1. The zero-order valence-electron chi connectivity index (χ0n) is 15.2. The van der Waals surface area contributed by atoms with Gasteiger partial charge in [0.05, 0.1) is 12.7 Å². The molecule has 6 heteroatoms. The summed E-state index contributed by atoms with van der Waals surface area (Å²) >= 11 is 0. The van der Waals surface area contributed by atoms with E-state index in [2.05, 4.69) is 6.58 Å². The van der Waals surface area contributed by atoms with Crippen LogP contribution in [0.15, 0.2) is 46.3 Å². The minimum atomic E-state index is -0.515. The maximum absolute atomic E-state index is 12.9. The van der Waals surface area contributed by atoms with Gasteiger partial charge < -0.3 is 24.5 Å². The second-order valence-electron chi connectivity index (χ2n) is 6.56. The van der Waals surface area contributed by atoms with Crippen LogP contribution in [-0.2, 0) is 0 Å². The third-order valence-corrected chi connectivity index (χ3v) is 4.51. The summed E-state index contributed by atoms with van der Waals surface area (Å²) in [6.45, 7) is 7.80. The average molecular weight is 368 g/mol. The number of methoxy groups -OCH3 is 1. The molecule has 0 spiro atoms. The first-order valence-electron chi connectivity index (χ1n) is 8.32. The van der Waals surface area contributed by atoms with E-state index >= 15 is 0 Å². The fraction of sp³-hybridized carbons (Fsp3) is 0.190. The molecule has 0 aliphatic rings. The summed E-state index contributed by atoms with van der Waals surface area (Å²) in [6.07, 6.45) is 1.21. The van der Waals surface area contributed by atoms with Crippen LogP contribution in [0.4, 0.5) is 0 Å². The van der Waals surface area contributed by atoms with E-state index in [1.54, 1.807) is 0 Å². The number of phenols is 3. The van der Waals surface area contributed by atoms with Gasteiger partial charge in [0.25, 0.3) is 0 Å². The highest BCUT2D eigenvalue weighted by Crippen LogP contribution is 2.39. The molecule has 0 radical (unpaired) electrons. The Morgan fingerprint density at radius 2 is 1.74 bits per heavy atom. The molecular weight excluding hydrogens is 348 g/mol. The Labute approximate surface area is 155 Å². The summed E-state index contributed by atoms with van der Waals surface area (Å²) in [5, 5.41) is 30.6. The van der Waals surface area contributed by atoms with Gasteiger partial charge in [0.1, 0.15) is 40.2 Å². The van der Waals surface area contributed by atoms with Crippen molar-refractivity contribution in [3.05, 3.63) is 52.9 Å². The van der Waals surface area contributed by atoms with Gasteiger partial charge in [-0.15, -0.1) is 0 Å². The van der Waals surface area contributed by atoms with Crippen molar-refractivity contribution in [1.29, 1.82) is 0 Å². The standard InChI is InChI=1S/C21H20O6/c1-10(2)11(3)13-7-14(17(23)8-16(13)22)15-9-27-19-6-12(26-4)5-18(24)20(19)21(15)25/h5-10,22-24H,3H2,1-2,4H3. The van der Waals surface area contributed by atoms with Crippen LogP contribution in [0.5, 0.6) is 23.0 Å². The smallest absolute Gasteiger partial charge is 0.204 e. The van der Waals surface area contributed by atoms with Gasteiger partial charge in [-0.25, -0.2) is 0 Å². The fourth-order valence-corrected chi connectivity index (χ4v) is 2.87. The van der Waals surface area contributed by atoms with E-state index in [1.165, 1.54) is 31.6 Å². The monoisotopic (exact) mass is 368 g/mol. The van der Waals surface area contributed by atoms with E-state index in [-0.39, 0.29) is 45.3 Å². The number of hydrogen-bond donors (Lipinski definition) is 3. The van der Waals surface area contributed by atoms with Crippen molar-refractivity contribution in [1.82, 2.24) is 0 Å². The number of ether oxygens (including phenoxy) is 1. The second-order valence-corrected chi connectivity index (χ2v) is 6.56. The SMILES string of the molecule is C=C(c1cc(-c2coc3cc(OC)cc(O)c3c2=O)c(O)cc1O)C(C)C. The maximum atomic E-state index is 12.9. The first-order valence-corrected chi connectivity index (χ1v) is 8.32. The molecule has 0 aliphatic heterocycles. The van der Waals surface area contributed by atoms with Crippen LogP contribution in [0.1, 0.15) is 19.4 Å². The van der Waals surface area contributed by atoms with Crippen LogP contribution < -0.4 is 10.2 Å². The molecule has 0 bridgehead atoms. The summed E-state index contributed by atoms with van der Waals surface area (Å²) in [4.78, 5) is 12.9. The van der Waals surface area contributed by atoms with Gasteiger partial charge in [-0.05, 0) is 17.6 Å². The highest BCUT2D eigenvalue weighted by Gasteiger charge is 2.19. The minimum absolute atomic E-state index is 0.0231. The summed E-state index contributed by atoms with van der Waals surface area (Å²) in [5.74, 6) is -0.304. The number of fused-ring (bicyclic) bond motifs is 1. The fourth-order valence-electron chi connectivity index (χ4n) is 2.87. The first-order chi connectivity index (χ1) is 12.7. The normalized spacial score (nSPS) is 11.1. The summed E-state index contributed by atoms with van der Waals surface area (Å²) in [6, 6.07) is 5.45. The quantitative estimate of drug-likeness (QED) is 0.636. The largest absolute Gasteiger partial charge is 0.507 e. The Bertz CT molecular complexity index is 1110. The van der Waals surface area contributed by atoms with Gasteiger partial charge in [-0.2, -0.15) is 0 Å². The lowest BCUT2D eigenvalue weighted by atomic mass is 9.92. The maximum Gasteiger partial charge on any atom is 0.204 e. The summed E-state index contributed by atoms with van der Waals surface area (Å²) in [7, 11) is 1.44. The summed E-state index contributed by atoms with van der Waals surface area (Å²) in [5.41, 5.74) is 0.959. The van der Waals surface area contributed by atoms with Crippen LogP contribution in [0.2, 0.25) is 0 Å². The number of rotatable bonds is 4. The van der Waals surface area contributed by atoms with Crippen molar-refractivity contribution in [2.24, 2.45) is 5.92 Å². The third kappa shape index (κ3) is 3.10. The predicted octanol–water partition coefficient (Wildman–Crippen LogP) is 4.25. The van der Waals surface area contributed by atoms with Gasteiger partial charge in [-0.1, -0.05) is 20.4 Å². The van der Waals surface area contributed by atoms with E-state index < -0.39 is 5.43 Å². The molecule has 3 N–H and O–H groups in total. The first kappa shape index (κ1) is 18.4. The molecule has 0 saturated heterocycles. The number of aromatic hydroxyl groups is 3. The molecule has 1 heterocycles. The molecule has 0 fully saturated rings. The molecule has 0 unspecified atom stereocenters. The Hall–Kier alpha value is -3.41. The van der Waals surface area contributed by atoms with Crippen molar-refractivity contribution in [2.75, 3.05) is 7.11 Å². The Balaban J connectivity index is 2.28. The third-order valence-electron chi connectivity index (χ3n) is 4.51. The van der Waals surface area contributed by atoms with Crippen molar-refractivity contribution in [3.8, 4) is 34.1 Å². The Morgan fingerprint density at radius 3 is 2.37 bits per heavy atom.